The molecule has 1 amide bonds. The topological polar surface area (TPSA) is 130 Å². The molecule has 2 unspecified atom stereocenters. The number of carbonyl (C=O) groups is 2. The third kappa shape index (κ3) is 4.70. The second-order valence-electron chi connectivity index (χ2n) is 5.32. The average molecular weight is 361 g/mol. The molecule has 0 saturated heterocycles. The molecule has 0 bridgehead atoms. The molecule has 0 saturated carbocycles. The number of aliphatic hydroxyl groups excluding tert-OH is 1. The van der Waals surface area contributed by atoms with E-state index in [2.05, 4.69) is 5.32 Å². The van der Waals surface area contributed by atoms with Crippen molar-refractivity contribution in [2.45, 2.75) is 11.7 Å². The molecule has 8 heteroatoms. The fourth-order valence-corrected chi connectivity index (χ4v) is 3.40. The second-order valence-corrected chi connectivity index (χ2v) is 6.99. The summed E-state index contributed by atoms with van der Waals surface area (Å²) in [6.45, 7) is 0. The number of carboxylic acids is 1. The van der Waals surface area contributed by atoms with Gasteiger partial charge in [-0.2, -0.15) is 0 Å². The zero-order valence-electron chi connectivity index (χ0n) is 13.2. The Morgan fingerprint density at radius 1 is 1.12 bits per heavy atom. The van der Waals surface area contributed by atoms with Gasteiger partial charge in [-0.05, 0) is 23.8 Å². The predicted octanol–water partition coefficient (Wildman–Crippen LogP) is 2.17. The van der Waals surface area contributed by atoms with Gasteiger partial charge in [-0.25, -0.2) is 4.79 Å². The van der Waals surface area contributed by atoms with Crippen molar-refractivity contribution in [1.29, 1.82) is 0 Å². The maximum absolute atomic E-state index is 12.6. The fraction of sp³-hybridized carbons (Fsp3) is 0.176. The Balaban J connectivity index is 2.26. The summed E-state index contributed by atoms with van der Waals surface area (Å²) >= 11 is 0. The summed E-state index contributed by atoms with van der Waals surface area (Å²) < 4.78 is 12.2. The average Bonchev–Trinajstić information content (AvgIpc) is 2.62. The lowest BCUT2D eigenvalue weighted by atomic mass is 10.0. The van der Waals surface area contributed by atoms with Crippen LogP contribution in [0.1, 0.15) is 22.0 Å². The van der Waals surface area contributed by atoms with Gasteiger partial charge in [0.2, 0.25) is 6.35 Å². The summed E-state index contributed by atoms with van der Waals surface area (Å²) in [7, 11) is -2.31. The van der Waals surface area contributed by atoms with E-state index in [1.165, 1.54) is 24.3 Å². The van der Waals surface area contributed by atoms with Crippen molar-refractivity contribution in [3.63, 3.8) is 0 Å². The molecular weight excluding hydrogens is 343 g/mol. The summed E-state index contributed by atoms with van der Waals surface area (Å²) in [5.74, 6) is -1.77. The van der Waals surface area contributed by atoms with E-state index in [9.17, 15) is 19.3 Å². The molecular formula is C17H18N2O5P+. The van der Waals surface area contributed by atoms with Crippen LogP contribution in [0, 0.1) is 0 Å². The van der Waals surface area contributed by atoms with Gasteiger partial charge in [0.05, 0.1) is 11.6 Å². The first-order valence-electron chi connectivity index (χ1n) is 7.43. The van der Waals surface area contributed by atoms with Crippen LogP contribution in [0.3, 0.4) is 0 Å². The second kappa shape index (κ2) is 8.48. The third-order valence-corrected chi connectivity index (χ3v) is 5.07. The lowest BCUT2D eigenvalue weighted by Gasteiger charge is -2.16. The van der Waals surface area contributed by atoms with Gasteiger partial charge >= 0.3 is 13.8 Å². The van der Waals surface area contributed by atoms with Gasteiger partial charge in [-0.15, -0.1) is 0 Å². The monoisotopic (exact) mass is 361 g/mol. The highest BCUT2D eigenvalue weighted by atomic mass is 31.1. The fourth-order valence-electron chi connectivity index (χ4n) is 2.36. The Kier molecular flexibility index (Phi) is 6.36. The molecule has 0 aromatic heterocycles. The first kappa shape index (κ1) is 18.7. The van der Waals surface area contributed by atoms with E-state index in [0.29, 0.717) is 5.56 Å². The predicted molar refractivity (Wildman–Crippen MR) is 93.9 cm³/mol. The summed E-state index contributed by atoms with van der Waals surface area (Å²) in [5.41, 5.74) is 5.81. The largest absolute Gasteiger partial charge is 0.478 e. The van der Waals surface area contributed by atoms with Crippen LogP contribution >= 0.6 is 7.80 Å². The number of carboxylic acid groups (broad SMARTS) is 1. The summed E-state index contributed by atoms with van der Waals surface area (Å²) in [6, 6.07) is 13.5. The van der Waals surface area contributed by atoms with Crippen molar-refractivity contribution in [1.82, 2.24) is 0 Å². The number of rotatable bonds is 7. The molecule has 0 aliphatic carbocycles. The minimum absolute atomic E-state index is 0.00764. The van der Waals surface area contributed by atoms with E-state index in [4.69, 9.17) is 10.8 Å². The van der Waals surface area contributed by atoms with Crippen LogP contribution in [0.4, 0.5) is 5.69 Å². The molecule has 0 radical (unpaired) electrons. The molecule has 2 aromatic rings. The maximum atomic E-state index is 12.6. The van der Waals surface area contributed by atoms with Crippen molar-refractivity contribution >= 4 is 25.4 Å². The lowest BCUT2D eigenvalue weighted by Crippen LogP contribution is -2.35. The summed E-state index contributed by atoms with van der Waals surface area (Å²) in [5, 5.41) is 20.8. The Morgan fingerprint density at radius 3 is 2.40 bits per heavy atom. The zero-order valence-corrected chi connectivity index (χ0v) is 14.1. The van der Waals surface area contributed by atoms with Crippen LogP contribution < -0.4 is 11.1 Å². The number of nitrogens with one attached hydrogen (secondary N) is 1. The Morgan fingerprint density at radius 2 is 1.80 bits per heavy atom. The molecule has 7 nitrogen and oxygen atoms in total. The van der Waals surface area contributed by atoms with Gasteiger partial charge in [-0.3, -0.25) is 4.79 Å². The van der Waals surface area contributed by atoms with Crippen molar-refractivity contribution in [2.24, 2.45) is 5.73 Å². The number of nitrogens with two attached hydrogens (primary N) is 1. The molecule has 0 spiro atoms. The number of hydrogen-bond acceptors (Lipinski definition) is 5. The number of amides is 1. The van der Waals surface area contributed by atoms with Crippen LogP contribution in [0.2, 0.25) is 0 Å². The molecule has 0 aliphatic rings. The highest BCUT2D eigenvalue weighted by molar-refractivity contribution is 7.46. The van der Waals surface area contributed by atoms with E-state index in [0.717, 1.165) is 0 Å². The molecule has 0 aliphatic heterocycles. The molecule has 2 aromatic carbocycles. The van der Waals surface area contributed by atoms with Gasteiger partial charge < -0.3 is 21.3 Å². The highest BCUT2D eigenvalue weighted by Crippen LogP contribution is 2.35. The molecule has 25 heavy (non-hydrogen) atoms. The molecule has 0 heterocycles. The van der Waals surface area contributed by atoms with Crippen LogP contribution in [-0.4, -0.2) is 34.1 Å². The number of hydrogen-bond donors (Lipinski definition) is 4. The van der Waals surface area contributed by atoms with Crippen molar-refractivity contribution in [2.75, 3.05) is 11.7 Å². The Labute approximate surface area is 145 Å². The minimum Gasteiger partial charge on any atom is -0.478 e. The molecule has 5 N–H and O–H groups in total. The quantitative estimate of drug-likeness (QED) is 0.559. The SMILES string of the molecule is NC(c1ccccc1)[C@@H](C(=O)Nc1cccc(C(=O)O)c1)[P+](=O)CO. The smallest absolute Gasteiger partial charge is 0.381 e. The van der Waals surface area contributed by atoms with E-state index in [-0.39, 0.29) is 11.3 Å². The van der Waals surface area contributed by atoms with E-state index in [1.54, 1.807) is 30.3 Å². The van der Waals surface area contributed by atoms with Crippen LogP contribution in [0.5, 0.6) is 0 Å². The van der Waals surface area contributed by atoms with Gasteiger partial charge in [-0.1, -0.05) is 41.0 Å². The number of aliphatic hydroxyl groups is 1. The lowest BCUT2D eigenvalue weighted by molar-refractivity contribution is -0.116. The standard InChI is InChI=1S/C17H17N2O5P/c18-14(11-5-2-1-3-6-11)15(25(24)10-20)16(21)19-13-8-4-7-12(9-13)17(22)23/h1-9,14-15,20H,10,18H2,(H-,19,21,22,23)/p+1/t14?,15-/m0/s1. The molecule has 0 fully saturated rings. The Hall–Kier alpha value is -2.60. The summed E-state index contributed by atoms with van der Waals surface area (Å²) in [6.07, 6.45) is -0.677. The highest BCUT2D eigenvalue weighted by Gasteiger charge is 2.42. The normalized spacial score (nSPS) is 13.6. The number of carbonyl (C=O) groups excluding carboxylic acids is 1. The molecule has 3 atom stereocenters. The van der Waals surface area contributed by atoms with Crippen LogP contribution in [-0.2, 0) is 9.36 Å². The number of anilines is 1. The van der Waals surface area contributed by atoms with E-state index >= 15 is 0 Å². The van der Waals surface area contributed by atoms with Crippen LogP contribution in [0.15, 0.2) is 54.6 Å². The van der Waals surface area contributed by atoms with E-state index < -0.39 is 37.7 Å². The zero-order chi connectivity index (χ0) is 18.4. The van der Waals surface area contributed by atoms with Crippen molar-refractivity contribution < 1.29 is 24.4 Å². The Bertz CT molecular complexity index is 782. The molecule has 130 valence electrons. The van der Waals surface area contributed by atoms with Gasteiger partial charge in [0.15, 0.2) is 0 Å². The minimum atomic E-state index is -2.31. The first-order chi connectivity index (χ1) is 11.9. The maximum Gasteiger partial charge on any atom is 0.381 e. The van der Waals surface area contributed by atoms with Gasteiger partial charge in [0, 0.05) is 5.69 Å². The third-order valence-electron chi connectivity index (χ3n) is 3.62. The van der Waals surface area contributed by atoms with Crippen LogP contribution in [0.25, 0.3) is 0 Å². The van der Waals surface area contributed by atoms with Gasteiger partial charge in [0.25, 0.3) is 11.6 Å². The van der Waals surface area contributed by atoms with E-state index in [1.807, 2.05) is 0 Å². The molecule has 2 rings (SSSR count). The van der Waals surface area contributed by atoms with Crippen molar-refractivity contribution in [3.8, 4) is 0 Å². The summed E-state index contributed by atoms with van der Waals surface area (Å²) in [4.78, 5) is 23.6. The van der Waals surface area contributed by atoms with Crippen molar-refractivity contribution in [3.05, 3.63) is 65.7 Å². The number of aromatic carboxylic acids is 1. The first-order valence-corrected chi connectivity index (χ1v) is 8.95. The van der Waals surface area contributed by atoms with Gasteiger partial charge in [0.1, 0.15) is 0 Å². The number of benzene rings is 2.